The second-order valence-corrected chi connectivity index (χ2v) is 43.5. The van der Waals surface area contributed by atoms with Gasteiger partial charge in [-0.15, -0.1) is 0 Å². The Kier molecular flexibility index (Phi) is 21.5. The van der Waals surface area contributed by atoms with E-state index in [-0.39, 0.29) is 32.8 Å². The van der Waals surface area contributed by atoms with Gasteiger partial charge in [0.25, 0.3) is 0 Å². The van der Waals surface area contributed by atoms with Gasteiger partial charge < -0.3 is 22.1 Å². The Morgan fingerprint density at radius 1 is 0.287 bits per heavy atom. The van der Waals surface area contributed by atoms with Gasteiger partial charge in [0.05, 0.1) is 27.8 Å². The zero-order chi connectivity index (χ0) is 106. The molecule has 15 nitrogen and oxygen atoms in total. The van der Waals surface area contributed by atoms with E-state index in [4.69, 9.17) is 37.2 Å². The van der Waals surface area contributed by atoms with Gasteiger partial charge in [-0.1, -0.05) is 158 Å². The van der Waals surface area contributed by atoms with Crippen molar-refractivity contribution in [2.24, 2.45) is 55.3 Å². The first kappa shape index (κ1) is 81.0. The van der Waals surface area contributed by atoms with Gasteiger partial charge >= 0.3 is 0 Å². The SMILES string of the molecule is Cc1c[n+](C)c(-c2c(C)ccc3c2oc2ncccc23)cc1CC(C)(C)C.Cc1ccc2c(n1)oc1c3c(ccc12)C[n+]1cc(C)c(CC(C)(C)C)cc1-3.[2H]C([2H])([2H])c1c[n+](C)c(-c2c(C)ccc3c2oc2nc(C)ccc23)cc1CC(C)(C)C.[2H]C([2H])([2H])c1c[n+](C)c(-c2c(C)ccc3c2oc2ncccc23)cc1C([2H])([2H])C(C)(C)C.[2H]C([2H])([2H])c1c[n+](C)c(-c2c(C)ccc3c2oc2ncccc23)cc1CC(C)(C)C. The molecule has 136 heavy (non-hydrogen) atoms. The van der Waals surface area contributed by atoms with Crippen LogP contribution in [0.1, 0.15) is 214 Å². The molecule has 20 aromatic rings. The average molecular weight is 1820 g/mol. The Morgan fingerprint density at radius 3 is 0.890 bits per heavy atom. The molecule has 0 saturated heterocycles. The van der Waals surface area contributed by atoms with Crippen LogP contribution in [0.2, 0.25) is 0 Å². The second-order valence-electron chi connectivity index (χ2n) is 43.5. The van der Waals surface area contributed by atoms with Gasteiger partial charge in [0.1, 0.15) is 28.2 Å². The van der Waals surface area contributed by atoms with Gasteiger partial charge in [0.15, 0.2) is 65.4 Å². The number of rotatable bonds is 9. The van der Waals surface area contributed by atoms with E-state index in [1.165, 1.54) is 56.5 Å². The number of benzene rings is 5. The van der Waals surface area contributed by atoms with Crippen LogP contribution in [0.3, 0.4) is 0 Å². The fourth-order valence-corrected chi connectivity index (χ4v) is 19.4. The topological polar surface area (TPSA) is 150 Å². The van der Waals surface area contributed by atoms with Crippen LogP contribution < -0.4 is 22.8 Å². The van der Waals surface area contributed by atoms with Crippen molar-refractivity contribution in [1.82, 2.24) is 24.9 Å². The summed E-state index contributed by atoms with van der Waals surface area (Å²) in [6, 6.07) is 51.5. The Hall–Kier alpha value is -13.4. The lowest BCUT2D eigenvalue weighted by molar-refractivity contribution is -0.672. The summed E-state index contributed by atoms with van der Waals surface area (Å²) in [5.41, 5.74) is 32.7. The second kappa shape index (κ2) is 36.0. The molecule has 0 radical (unpaired) electrons. The van der Waals surface area contributed by atoms with Crippen molar-refractivity contribution in [1.29, 1.82) is 0 Å². The van der Waals surface area contributed by atoms with E-state index in [9.17, 15) is 0 Å². The molecule has 16 heterocycles. The smallest absolute Gasteiger partial charge is 0.227 e. The molecule has 0 amide bonds. The largest absolute Gasteiger partial charge is 0.437 e. The van der Waals surface area contributed by atoms with Crippen molar-refractivity contribution >= 4 is 110 Å². The zero-order valence-corrected chi connectivity index (χ0v) is 84.1. The third kappa shape index (κ3) is 19.2. The van der Waals surface area contributed by atoms with E-state index in [1.54, 1.807) is 69.4 Å². The number of furan rings is 5. The average Bonchev–Trinajstić information content (AvgIpc) is 1.61. The summed E-state index contributed by atoms with van der Waals surface area (Å²) in [6.07, 6.45) is 16.3. The van der Waals surface area contributed by atoms with Crippen molar-refractivity contribution in [3.8, 4) is 56.3 Å². The molecular weight excluding hydrogens is 1670 g/mol. The predicted octanol–water partition coefficient (Wildman–Crippen LogP) is 28.5. The predicted molar refractivity (Wildman–Crippen MR) is 557 cm³/mol. The first-order valence-corrected chi connectivity index (χ1v) is 47.1. The molecule has 694 valence electrons. The van der Waals surface area contributed by atoms with Crippen LogP contribution in [0.5, 0.6) is 0 Å². The van der Waals surface area contributed by atoms with Gasteiger partial charge in [0, 0.05) is 163 Å². The molecule has 0 aliphatic carbocycles. The highest BCUT2D eigenvalue weighted by atomic mass is 16.4. The highest BCUT2D eigenvalue weighted by Gasteiger charge is 2.35. The number of hydrogen-bond acceptors (Lipinski definition) is 10. The number of fused-ring (bicyclic) bond motifs is 19. The Labute approximate surface area is 816 Å². The summed E-state index contributed by atoms with van der Waals surface area (Å²) in [5.74, 6) is 0. The first-order valence-electron chi connectivity index (χ1n) is 52.6. The van der Waals surface area contributed by atoms with Gasteiger partial charge in [-0.2, -0.15) is 4.57 Å². The minimum Gasteiger partial charge on any atom is -0.437 e. The standard InChI is InChI=1S/C25H29N2O.C24H25N2O.3C24H27N2O/c1-15-8-10-19-20-11-9-17(3)26-24(20)28-23(19)22(15)21-12-18(13-25(4,5)6)16(2)14-27(21)7;1-14-12-26-13-16-7-9-18-19-8-6-15(2)25-23(19)27-22(18)21(16)20(26)10-17(14)11-24(3,4)5;3*1-15-9-10-18-19-8-7-11-25-23(19)27-22(18)21(15)20-12-17(13-24(3,4)5)16(2)14-26(20)6/h8-12,14H,13H2,1-7H3;6-10,12H,11,13H2,1-5H3;3*7-12,14H,13H2,1-6H3/q5*+1/i2D3;;2D3,13D2;2D3;. The van der Waals surface area contributed by atoms with Crippen LogP contribution in [0.25, 0.3) is 167 Å². The van der Waals surface area contributed by atoms with Gasteiger partial charge in [-0.25, -0.2) is 43.2 Å². The van der Waals surface area contributed by atoms with Crippen molar-refractivity contribution in [2.45, 2.75) is 218 Å². The van der Waals surface area contributed by atoms with Gasteiger partial charge in [-0.3, -0.25) is 0 Å². The quantitative estimate of drug-likeness (QED) is 0.128. The Morgan fingerprint density at radius 2 is 0.559 bits per heavy atom. The van der Waals surface area contributed by atoms with Crippen molar-refractivity contribution in [3.05, 3.63) is 296 Å². The van der Waals surface area contributed by atoms with E-state index < -0.39 is 32.3 Å². The Bertz CT molecular complexity index is 8630. The van der Waals surface area contributed by atoms with E-state index in [0.29, 0.717) is 58.1 Å². The first-order chi connectivity index (χ1) is 68.6. The molecule has 0 spiro atoms. The van der Waals surface area contributed by atoms with E-state index >= 15 is 0 Å². The van der Waals surface area contributed by atoms with Gasteiger partial charge in [0.2, 0.25) is 57.0 Å². The number of nitrogens with zero attached hydrogens (tertiary/aromatic N) is 10. The summed E-state index contributed by atoms with van der Waals surface area (Å²) in [6.45, 7) is 42.6. The molecule has 0 N–H and O–H groups in total. The molecule has 1 aliphatic heterocycles. The lowest BCUT2D eigenvalue weighted by Gasteiger charge is -2.19. The maximum Gasteiger partial charge on any atom is 0.227 e. The number of aromatic nitrogens is 10. The summed E-state index contributed by atoms with van der Waals surface area (Å²) in [5, 5.41) is 10.2. The molecule has 0 bridgehead atoms. The maximum absolute atomic E-state index is 8.85. The van der Waals surface area contributed by atoms with Crippen molar-refractivity contribution in [2.75, 3.05) is 0 Å². The molecule has 0 saturated carbocycles. The third-order valence-corrected chi connectivity index (χ3v) is 25.5. The maximum atomic E-state index is 8.85. The molecule has 0 unspecified atom stereocenters. The van der Waals surface area contributed by atoms with Gasteiger partial charge in [-0.05, 0) is 252 Å². The summed E-state index contributed by atoms with van der Waals surface area (Å²) in [4.78, 5) is 22.3. The van der Waals surface area contributed by atoms with Crippen LogP contribution >= 0.6 is 0 Å². The molecule has 15 heteroatoms. The molecule has 0 fully saturated rings. The third-order valence-electron chi connectivity index (χ3n) is 25.5. The van der Waals surface area contributed by atoms with E-state index in [1.807, 2.05) is 111 Å². The monoisotopic (exact) mass is 1820 g/mol. The molecular formula is C121H135N10O5+5. The van der Waals surface area contributed by atoms with Crippen LogP contribution in [0.4, 0.5) is 0 Å². The van der Waals surface area contributed by atoms with Crippen molar-refractivity contribution < 1.29 is 60.0 Å². The minimum atomic E-state index is -2.45. The lowest BCUT2D eigenvalue weighted by atomic mass is 9.86. The van der Waals surface area contributed by atoms with Crippen LogP contribution in [-0.4, -0.2) is 24.9 Å². The Balaban J connectivity index is 0.000000126. The van der Waals surface area contributed by atoms with Crippen molar-refractivity contribution in [3.63, 3.8) is 0 Å². The fraction of sp³-hybridized carbons (Fsp3) is 0.339. The number of pyridine rings is 10. The van der Waals surface area contributed by atoms with E-state index in [2.05, 4.69) is 250 Å². The van der Waals surface area contributed by atoms with E-state index in [0.717, 1.165) is 174 Å². The van der Waals surface area contributed by atoms with Crippen LogP contribution in [0.15, 0.2) is 223 Å². The summed E-state index contributed by atoms with van der Waals surface area (Å²) in [7, 11) is 7.68. The summed E-state index contributed by atoms with van der Waals surface area (Å²) >= 11 is 0. The minimum absolute atomic E-state index is 0.0137. The molecule has 21 rings (SSSR count). The van der Waals surface area contributed by atoms with Crippen LogP contribution in [0, 0.1) is 103 Å². The molecule has 5 aromatic carbocycles. The lowest BCUT2D eigenvalue weighted by Crippen LogP contribution is -2.33. The summed E-state index contributed by atoms with van der Waals surface area (Å²) < 4.78 is 131. The molecule has 1 aliphatic rings. The van der Waals surface area contributed by atoms with Crippen LogP contribution in [-0.2, 0) is 66.8 Å². The highest BCUT2D eigenvalue weighted by molar-refractivity contribution is 6.13. The number of hydrogen-bond donors (Lipinski definition) is 0. The molecule has 15 aromatic heterocycles. The highest BCUT2D eigenvalue weighted by Crippen LogP contribution is 2.46. The normalized spacial score (nSPS) is 14.0. The fourth-order valence-electron chi connectivity index (χ4n) is 19.4. The number of aryl methyl sites for hydroxylation is 15. The zero-order valence-electron chi connectivity index (χ0n) is 95.1. The molecule has 0 atom stereocenters.